The summed E-state index contributed by atoms with van der Waals surface area (Å²) in [7, 11) is 1.83. The molecule has 0 aliphatic rings. The van der Waals surface area contributed by atoms with Crippen LogP contribution in [0, 0.1) is 12.5 Å². The molecule has 0 fully saturated rings. The molecule has 0 aliphatic heterocycles. The van der Waals surface area contributed by atoms with Gasteiger partial charge < -0.3 is 22.1 Å². The third kappa shape index (κ3) is 3.41. The van der Waals surface area contributed by atoms with Crippen LogP contribution >= 0.6 is 0 Å². The summed E-state index contributed by atoms with van der Waals surface area (Å²) in [6.07, 6.45) is 6.93. The van der Waals surface area contributed by atoms with Crippen molar-refractivity contribution >= 4 is 0 Å². The Balaban J connectivity index is 0. The Morgan fingerprint density at radius 2 is 2.12 bits per heavy atom. The molecular formula is C4H4Li2N2. The molecule has 0 bridgehead atoms. The van der Waals surface area contributed by atoms with Gasteiger partial charge in [-0.2, -0.15) is 6.20 Å². The molecule has 32 valence electrons. The van der Waals surface area contributed by atoms with Crippen LogP contribution in [0.15, 0.2) is 6.20 Å². The van der Waals surface area contributed by atoms with Gasteiger partial charge in [0.15, 0.2) is 0 Å². The van der Waals surface area contributed by atoms with Crippen LogP contribution in [0.2, 0.25) is 0 Å². The molecule has 0 spiro atoms. The summed E-state index contributed by atoms with van der Waals surface area (Å²) < 4.78 is 1.64. The fourth-order valence-electron chi connectivity index (χ4n) is 0.260. The minimum atomic E-state index is 0. The summed E-state index contributed by atoms with van der Waals surface area (Å²) >= 11 is 0. The second-order valence-electron chi connectivity index (χ2n) is 1.05. The van der Waals surface area contributed by atoms with Gasteiger partial charge >= 0.3 is 37.7 Å². The van der Waals surface area contributed by atoms with E-state index in [0.29, 0.717) is 0 Å². The van der Waals surface area contributed by atoms with Gasteiger partial charge in [0.2, 0.25) is 0 Å². The zero-order valence-electron chi connectivity index (χ0n) is 5.47. The quantitative estimate of drug-likeness (QED) is 0.231. The molecule has 0 atom stereocenters. The Labute approximate surface area is 73.0 Å². The molecule has 2 nitrogen and oxygen atoms in total. The molecule has 0 saturated heterocycles. The van der Waals surface area contributed by atoms with Gasteiger partial charge in [0.05, 0.1) is 0 Å². The van der Waals surface area contributed by atoms with Crippen LogP contribution in [0.5, 0.6) is 0 Å². The molecule has 0 aliphatic carbocycles. The standard InChI is InChI=1S/C4H4N2.2Li/c1-6-3-2-5-4-6;;/h2H,1H3;;/q-2;2*+1. The second kappa shape index (κ2) is 5.54. The summed E-state index contributed by atoms with van der Waals surface area (Å²) in [5.41, 5.74) is 0. The van der Waals surface area contributed by atoms with Crippen molar-refractivity contribution in [3.05, 3.63) is 18.7 Å². The summed E-state index contributed by atoms with van der Waals surface area (Å²) in [4.78, 5) is 3.60. The van der Waals surface area contributed by atoms with Gasteiger partial charge in [-0.05, 0) is 0 Å². The Kier molecular flexibility index (Phi) is 7.78. The van der Waals surface area contributed by atoms with E-state index in [0.717, 1.165) is 0 Å². The molecule has 0 radical (unpaired) electrons. The van der Waals surface area contributed by atoms with Crippen molar-refractivity contribution in [3.63, 3.8) is 0 Å². The molecule has 0 aromatic carbocycles. The first-order chi connectivity index (χ1) is 2.89. The van der Waals surface area contributed by atoms with Crippen LogP contribution < -0.4 is 37.7 Å². The molecule has 1 rings (SSSR count). The Morgan fingerprint density at radius 1 is 1.50 bits per heavy atom. The van der Waals surface area contributed by atoms with E-state index in [9.17, 15) is 0 Å². The molecular weight excluding hydrogens is 89.9 g/mol. The van der Waals surface area contributed by atoms with E-state index in [1.54, 1.807) is 10.8 Å². The number of hydrogen-bond donors (Lipinski definition) is 0. The van der Waals surface area contributed by atoms with Crippen LogP contribution in [0.4, 0.5) is 0 Å². The largest absolute Gasteiger partial charge is 1.00 e. The van der Waals surface area contributed by atoms with Crippen molar-refractivity contribution in [1.82, 2.24) is 9.55 Å². The van der Waals surface area contributed by atoms with Crippen molar-refractivity contribution < 1.29 is 37.7 Å². The maximum Gasteiger partial charge on any atom is 1.00 e. The topological polar surface area (TPSA) is 17.8 Å². The van der Waals surface area contributed by atoms with Crippen LogP contribution in [0.1, 0.15) is 0 Å². The SMILES string of the molecule is Cn1[c-]cn[c-]1.[Li+].[Li+]. The maximum absolute atomic E-state index is 3.60. The summed E-state index contributed by atoms with van der Waals surface area (Å²) in [6.45, 7) is 0. The maximum atomic E-state index is 3.60. The molecule has 0 unspecified atom stereocenters. The predicted molar refractivity (Wildman–Crippen MR) is 20.9 cm³/mol. The minimum absolute atomic E-state index is 0. The Morgan fingerprint density at radius 3 is 2.25 bits per heavy atom. The van der Waals surface area contributed by atoms with Gasteiger partial charge in [-0.3, -0.25) is 0 Å². The summed E-state index contributed by atoms with van der Waals surface area (Å²) in [6, 6.07) is 0. The zero-order chi connectivity index (χ0) is 4.41. The van der Waals surface area contributed by atoms with Gasteiger partial charge in [0.1, 0.15) is 0 Å². The molecule has 1 aromatic rings. The first-order valence-electron chi connectivity index (χ1n) is 1.66. The molecule has 0 amide bonds. The molecule has 0 N–H and O–H groups in total. The zero-order valence-corrected chi connectivity index (χ0v) is 5.47. The fraction of sp³-hybridized carbons (Fsp3) is 0.250. The van der Waals surface area contributed by atoms with Crippen molar-refractivity contribution in [1.29, 1.82) is 0 Å². The third-order valence-corrected chi connectivity index (χ3v) is 0.524. The van der Waals surface area contributed by atoms with Crippen LogP contribution in [0.25, 0.3) is 0 Å². The smallest absolute Gasteiger partial charge is 0.687 e. The molecule has 1 aromatic heterocycles. The van der Waals surface area contributed by atoms with E-state index < -0.39 is 0 Å². The molecule has 4 heteroatoms. The van der Waals surface area contributed by atoms with E-state index in [1.165, 1.54) is 0 Å². The van der Waals surface area contributed by atoms with E-state index in [1.807, 2.05) is 7.05 Å². The number of hydrogen-bond acceptors (Lipinski definition) is 1. The van der Waals surface area contributed by atoms with Gasteiger partial charge in [0.25, 0.3) is 0 Å². The van der Waals surface area contributed by atoms with E-state index in [4.69, 9.17) is 0 Å². The monoisotopic (exact) mass is 94.1 g/mol. The number of nitrogens with zero attached hydrogens (tertiary/aromatic N) is 2. The van der Waals surface area contributed by atoms with Crippen LogP contribution in [0.3, 0.4) is 0 Å². The molecule has 8 heavy (non-hydrogen) atoms. The van der Waals surface area contributed by atoms with Gasteiger partial charge in [-0.15, -0.1) is 0 Å². The Bertz CT molecular complexity index is 116. The normalized spacial score (nSPS) is 6.62. The number of aryl methyl sites for hydroxylation is 1. The first kappa shape index (κ1) is 11.2. The van der Waals surface area contributed by atoms with Crippen molar-refractivity contribution in [2.24, 2.45) is 7.05 Å². The molecule has 1 heterocycles. The third-order valence-electron chi connectivity index (χ3n) is 0.524. The fourth-order valence-corrected chi connectivity index (χ4v) is 0.260. The van der Waals surface area contributed by atoms with E-state index >= 15 is 0 Å². The van der Waals surface area contributed by atoms with E-state index in [-0.39, 0.29) is 37.7 Å². The van der Waals surface area contributed by atoms with Gasteiger partial charge in [-0.25, -0.2) is 0 Å². The second-order valence-corrected chi connectivity index (χ2v) is 1.05. The summed E-state index contributed by atoms with van der Waals surface area (Å²) in [5, 5.41) is 0. The number of rotatable bonds is 0. The molecule has 0 saturated carbocycles. The average molecular weight is 94.0 g/mol. The van der Waals surface area contributed by atoms with Crippen LogP contribution in [-0.2, 0) is 7.05 Å². The van der Waals surface area contributed by atoms with Crippen LogP contribution in [-0.4, -0.2) is 9.55 Å². The predicted octanol–water partition coefficient (Wildman–Crippen LogP) is -5.97. The minimum Gasteiger partial charge on any atom is -0.687 e. The van der Waals surface area contributed by atoms with E-state index in [2.05, 4.69) is 17.5 Å². The number of imidazole rings is 1. The first-order valence-corrected chi connectivity index (χ1v) is 1.66. The Hall–Kier alpha value is 0.405. The summed E-state index contributed by atoms with van der Waals surface area (Å²) in [5.74, 6) is 0. The van der Waals surface area contributed by atoms with Crippen molar-refractivity contribution in [2.75, 3.05) is 0 Å². The van der Waals surface area contributed by atoms with Gasteiger partial charge in [0, 0.05) is 0 Å². The average Bonchev–Trinajstić information content (AvgIpc) is 1.86. The van der Waals surface area contributed by atoms with Gasteiger partial charge in [-0.1, -0.05) is 7.05 Å². The number of aromatic nitrogens is 2. The van der Waals surface area contributed by atoms with Crippen molar-refractivity contribution in [3.8, 4) is 0 Å². The van der Waals surface area contributed by atoms with Crippen molar-refractivity contribution in [2.45, 2.75) is 0 Å².